The third kappa shape index (κ3) is 4.00. The summed E-state index contributed by atoms with van der Waals surface area (Å²) < 4.78 is 0. The highest BCUT2D eigenvalue weighted by Crippen LogP contribution is 2.48. The van der Waals surface area contributed by atoms with Gasteiger partial charge in [-0.25, -0.2) is 0 Å². The van der Waals surface area contributed by atoms with Gasteiger partial charge in [-0.15, -0.1) is 0 Å². The molecule has 140 valence electrons. The topological polar surface area (TPSA) is 35.5 Å². The second-order valence-corrected chi connectivity index (χ2v) is 7.71. The Morgan fingerprint density at radius 3 is 2.07 bits per heavy atom. The first-order valence-corrected chi connectivity index (χ1v) is 9.87. The first-order chi connectivity index (χ1) is 13.3. The molecule has 2 aliphatic rings. The zero-order valence-electron chi connectivity index (χ0n) is 15.7. The summed E-state index contributed by atoms with van der Waals surface area (Å²) in [4.78, 5) is 2.54. The van der Waals surface area contributed by atoms with Crippen LogP contribution >= 0.6 is 0 Å². The van der Waals surface area contributed by atoms with E-state index in [1.807, 2.05) is 12.2 Å². The maximum atomic E-state index is 10.5. The van der Waals surface area contributed by atoms with Crippen LogP contribution < -0.4 is 5.32 Å². The fraction of sp³-hybridized carbons (Fsp3) is 0.333. The number of rotatable bonds is 5. The van der Waals surface area contributed by atoms with Gasteiger partial charge in [0.25, 0.3) is 0 Å². The minimum Gasteiger partial charge on any atom is -0.512 e. The maximum absolute atomic E-state index is 10.5. The Morgan fingerprint density at radius 1 is 0.926 bits per heavy atom. The van der Waals surface area contributed by atoms with Gasteiger partial charge in [-0.05, 0) is 17.2 Å². The summed E-state index contributed by atoms with van der Waals surface area (Å²) in [5.41, 5.74) is 2.44. The Labute approximate surface area is 162 Å². The summed E-state index contributed by atoms with van der Waals surface area (Å²) in [6.45, 7) is 5.11. The number of benzene rings is 2. The molecular formula is C24H28N2O. The minimum atomic E-state index is -0.168. The van der Waals surface area contributed by atoms with Crippen molar-refractivity contribution >= 4 is 0 Å². The molecular weight excluding hydrogens is 332 g/mol. The highest BCUT2D eigenvalue weighted by atomic mass is 16.3. The van der Waals surface area contributed by atoms with E-state index in [9.17, 15) is 5.11 Å². The Balaban J connectivity index is 1.79. The summed E-state index contributed by atoms with van der Waals surface area (Å²) in [7, 11) is 0. The van der Waals surface area contributed by atoms with Gasteiger partial charge in [0.1, 0.15) is 0 Å². The van der Waals surface area contributed by atoms with Crippen molar-refractivity contribution in [3.63, 3.8) is 0 Å². The van der Waals surface area contributed by atoms with Crippen LogP contribution in [-0.2, 0) is 0 Å². The van der Waals surface area contributed by atoms with Crippen LogP contribution in [0, 0.1) is 5.41 Å². The molecule has 0 spiro atoms. The second-order valence-electron chi connectivity index (χ2n) is 7.71. The van der Waals surface area contributed by atoms with Gasteiger partial charge in [-0.1, -0.05) is 72.8 Å². The van der Waals surface area contributed by atoms with Crippen molar-refractivity contribution in [1.29, 1.82) is 0 Å². The second kappa shape index (κ2) is 8.12. The summed E-state index contributed by atoms with van der Waals surface area (Å²) in [6.07, 6.45) is 6.88. The molecule has 1 aliphatic heterocycles. The van der Waals surface area contributed by atoms with Gasteiger partial charge >= 0.3 is 0 Å². The Kier molecular flexibility index (Phi) is 5.42. The number of hydrogen-bond donors (Lipinski definition) is 2. The molecule has 0 amide bonds. The molecule has 0 bridgehead atoms. The molecule has 2 aromatic rings. The van der Waals surface area contributed by atoms with E-state index in [1.165, 1.54) is 11.1 Å². The van der Waals surface area contributed by atoms with Crippen LogP contribution in [0.2, 0.25) is 0 Å². The van der Waals surface area contributed by atoms with Crippen molar-refractivity contribution in [3.05, 3.63) is 95.8 Å². The average Bonchev–Trinajstić information content (AvgIpc) is 2.70. The highest BCUT2D eigenvalue weighted by Gasteiger charge is 2.41. The number of allylic oxidation sites excluding steroid dienone is 3. The fourth-order valence-electron chi connectivity index (χ4n) is 4.64. The summed E-state index contributed by atoms with van der Waals surface area (Å²) in [5.74, 6) is 0.673. The van der Waals surface area contributed by atoms with Crippen LogP contribution in [-0.4, -0.2) is 42.7 Å². The molecule has 27 heavy (non-hydrogen) atoms. The number of aliphatic hydroxyl groups is 1. The molecule has 0 saturated carbocycles. The van der Waals surface area contributed by atoms with Crippen LogP contribution in [0.1, 0.15) is 23.5 Å². The van der Waals surface area contributed by atoms with Gasteiger partial charge in [0.05, 0.1) is 5.76 Å². The number of hydrogen-bond acceptors (Lipinski definition) is 3. The molecule has 0 radical (unpaired) electrons. The van der Waals surface area contributed by atoms with E-state index in [0.29, 0.717) is 12.2 Å². The fourth-order valence-corrected chi connectivity index (χ4v) is 4.64. The lowest BCUT2D eigenvalue weighted by molar-refractivity contribution is 0.141. The van der Waals surface area contributed by atoms with Crippen LogP contribution in [0.5, 0.6) is 0 Å². The van der Waals surface area contributed by atoms with Crippen molar-refractivity contribution in [2.45, 2.75) is 12.3 Å². The molecule has 2 N–H and O–H groups in total. The van der Waals surface area contributed by atoms with E-state index in [4.69, 9.17) is 0 Å². The van der Waals surface area contributed by atoms with E-state index in [1.54, 1.807) is 0 Å². The SMILES string of the molecule is OC1=CC=CC(CN2CCNCC2)(C(c2ccccc2)c2ccccc2)C1. The van der Waals surface area contributed by atoms with Crippen molar-refractivity contribution in [3.8, 4) is 0 Å². The largest absolute Gasteiger partial charge is 0.512 e. The Morgan fingerprint density at radius 2 is 1.52 bits per heavy atom. The molecule has 1 heterocycles. The molecule has 4 rings (SSSR count). The van der Waals surface area contributed by atoms with E-state index < -0.39 is 0 Å². The van der Waals surface area contributed by atoms with Crippen molar-refractivity contribution in [2.24, 2.45) is 5.41 Å². The minimum absolute atomic E-state index is 0.168. The zero-order valence-corrected chi connectivity index (χ0v) is 15.7. The van der Waals surface area contributed by atoms with E-state index in [2.05, 4.69) is 77.0 Å². The molecule has 1 saturated heterocycles. The van der Waals surface area contributed by atoms with Crippen LogP contribution in [0.3, 0.4) is 0 Å². The van der Waals surface area contributed by atoms with Gasteiger partial charge in [0.2, 0.25) is 0 Å². The normalized spacial score (nSPS) is 23.4. The summed E-state index contributed by atoms with van der Waals surface area (Å²) >= 11 is 0. The third-order valence-corrected chi connectivity index (χ3v) is 5.80. The molecule has 2 aromatic carbocycles. The van der Waals surface area contributed by atoms with Gasteiger partial charge in [0, 0.05) is 50.5 Å². The van der Waals surface area contributed by atoms with Crippen LogP contribution in [0.15, 0.2) is 84.7 Å². The Bertz CT molecular complexity index is 754. The van der Waals surface area contributed by atoms with Gasteiger partial charge < -0.3 is 10.4 Å². The molecule has 3 nitrogen and oxygen atoms in total. The predicted octanol–water partition coefficient (Wildman–Crippen LogP) is 4.11. The van der Waals surface area contributed by atoms with Crippen molar-refractivity contribution in [1.82, 2.24) is 10.2 Å². The number of nitrogens with one attached hydrogen (secondary N) is 1. The first-order valence-electron chi connectivity index (χ1n) is 9.87. The maximum Gasteiger partial charge on any atom is 0.0932 e. The van der Waals surface area contributed by atoms with E-state index in [-0.39, 0.29) is 11.3 Å². The smallest absolute Gasteiger partial charge is 0.0932 e. The van der Waals surface area contributed by atoms with Gasteiger partial charge in [-0.2, -0.15) is 0 Å². The molecule has 1 fully saturated rings. The molecule has 3 heteroatoms. The summed E-state index contributed by atoms with van der Waals surface area (Å²) in [5, 5.41) is 13.9. The standard InChI is InChI=1S/C24H28N2O/c27-22-12-7-13-24(18-22,19-26-16-14-25-15-17-26)23(20-8-3-1-4-9-20)21-10-5-2-6-11-21/h1-13,23,25,27H,14-19H2. The number of nitrogens with zero attached hydrogens (tertiary/aromatic N) is 1. The predicted molar refractivity (Wildman–Crippen MR) is 111 cm³/mol. The van der Waals surface area contributed by atoms with Crippen LogP contribution in [0.25, 0.3) is 0 Å². The monoisotopic (exact) mass is 360 g/mol. The van der Waals surface area contributed by atoms with Gasteiger partial charge in [0.15, 0.2) is 0 Å². The lowest BCUT2D eigenvalue weighted by atomic mass is 9.64. The first kappa shape index (κ1) is 18.0. The van der Waals surface area contributed by atoms with E-state index in [0.717, 1.165) is 32.7 Å². The van der Waals surface area contributed by atoms with Crippen LogP contribution in [0.4, 0.5) is 0 Å². The number of aliphatic hydroxyl groups excluding tert-OH is 1. The molecule has 0 aromatic heterocycles. The van der Waals surface area contributed by atoms with E-state index >= 15 is 0 Å². The Hall–Kier alpha value is -2.36. The lowest BCUT2D eigenvalue weighted by Gasteiger charge is -2.44. The molecule has 1 aliphatic carbocycles. The third-order valence-electron chi connectivity index (χ3n) is 5.80. The average molecular weight is 361 g/mol. The molecule has 1 unspecified atom stereocenters. The molecule has 1 atom stereocenters. The van der Waals surface area contributed by atoms with Gasteiger partial charge in [-0.3, -0.25) is 4.90 Å². The quantitative estimate of drug-likeness (QED) is 0.842. The highest BCUT2D eigenvalue weighted by molar-refractivity contribution is 5.40. The zero-order chi connectivity index (χ0) is 18.5. The summed E-state index contributed by atoms with van der Waals surface area (Å²) in [6, 6.07) is 21.5. The number of piperazine rings is 1. The lowest BCUT2D eigenvalue weighted by Crippen LogP contribution is -2.49. The van der Waals surface area contributed by atoms with Crippen molar-refractivity contribution < 1.29 is 5.11 Å². The van der Waals surface area contributed by atoms with Crippen molar-refractivity contribution in [2.75, 3.05) is 32.7 Å².